The minimum Gasteiger partial charge on any atom is -0.442 e. The largest absolute Gasteiger partial charge is 0.442 e. The molecular formula is C22H15BrN4O5. The van der Waals surface area contributed by atoms with Crippen LogP contribution in [0, 0.1) is 10.1 Å². The maximum atomic E-state index is 13.1. The first-order chi connectivity index (χ1) is 15.4. The summed E-state index contributed by atoms with van der Waals surface area (Å²) in [5.41, 5.74) is 1.34. The Labute approximate surface area is 189 Å². The number of para-hydroxylation sites is 1. The number of nitrogens with zero attached hydrogens (tertiary/aromatic N) is 2. The molecule has 0 fully saturated rings. The van der Waals surface area contributed by atoms with Crippen LogP contribution in [0.5, 0.6) is 0 Å². The van der Waals surface area contributed by atoms with Gasteiger partial charge < -0.3 is 10.1 Å². The lowest BCUT2D eigenvalue weighted by Crippen LogP contribution is -2.26. The van der Waals surface area contributed by atoms with Gasteiger partial charge in [-0.05, 0) is 28.1 Å². The molecule has 0 saturated carbocycles. The molecule has 1 heterocycles. The zero-order valence-corrected chi connectivity index (χ0v) is 17.9. The third-order valence-electron chi connectivity index (χ3n) is 4.65. The van der Waals surface area contributed by atoms with Crippen molar-refractivity contribution in [2.45, 2.75) is 6.10 Å². The van der Waals surface area contributed by atoms with Crippen molar-refractivity contribution in [2.75, 3.05) is 5.32 Å². The van der Waals surface area contributed by atoms with E-state index in [1.807, 2.05) is 0 Å². The van der Waals surface area contributed by atoms with Crippen LogP contribution >= 0.6 is 15.9 Å². The highest BCUT2D eigenvalue weighted by Gasteiger charge is 2.28. The topological polar surface area (TPSA) is 127 Å². The van der Waals surface area contributed by atoms with Crippen molar-refractivity contribution in [3.63, 3.8) is 0 Å². The molecule has 4 rings (SSSR count). The number of fused-ring (bicyclic) bond motifs is 1. The van der Waals surface area contributed by atoms with Crippen LogP contribution in [-0.2, 0) is 9.53 Å². The van der Waals surface area contributed by atoms with Crippen molar-refractivity contribution in [1.29, 1.82) is 0 Å². The maximum absolute atomic E-state index is 13.1. The lowest BCUT2D eigenvalue weighted by molar-refractivity contribution is -0.384. The number of ether oxygens (including phenoxy) is 1. The van der Waals surface area contributed by atoms with Gasteiger partial charge in [-0.2, -0.15) is 5.10 Å². The molecular weight excluding hydrogens is 480 g/mol. The molecule has 0 spiro atoms. The highest BCUT2D eigenvalue weighted by Crippen LogP contribution is 2.29. The normalized spacial score (nSPS) is 11.7. The van der Waals surface area contributed by atoms with Crippen LogP contribution in [-0.4, -0.2) is 27.0 Å². The number of carbonyl (C=O) groups is 2. The Morgan fingerprint density at radius 3 is 2.50 bits per heavy atom. The Balaban J connectivity index is 1.62. The van der Waals surface area contributed by atoms with Gasteiger partial charge in [-0.3, -0.25) is 20.0 Å². The zero-order valence-electron chi connectivity index (χ0n) is 16.3. The third-order valence-corrected chi connectivity index (χ3v) is 5.31. The summed E-state index contributed by atoms with van der Waals surface area (Å²) in [6.45, 7) is 0. The fourth-order valence-electron chi connectivity index (χ4n) is 3.10. The van der Waals surface area contributed by atoms with E-state index in [2.05, 4.69) is 31.4 Å². The summed E-state index contributed by atoms with van der Waals surface area (Å²) in [5.74, 6) is -1.40. The van der Waals surface area contributed by atoms with E-state index in [-0.39, 0.29) is 11.4 Å². The molecule has 10 heteroatoms. The summed E-state index contributed by atoms with van der Waals surface area (Å²) in [4.78, 5) is 36.4. The van der Waals surface area contributed by atoms with Crippen molar-refractivity contribution >= 4 is 50.1 Å². The first-order valence-corrected chi connectivity index (χ1v) is 10.2. The van der Waals surface area contributed by atoms with E-state index in [4.69, 9.17) is 4.74 Å². The average Bonchev–Trinajstić information content (AvgIpc) is 3.23. The summed E-state index contributed by atoms with van der Waals surface area (Å²) >= 11 is 3.22. The van der Waals surface area contributed by atoms with Gasteiger partial charge in [0, 0.05) is 27.6 Å². The summed E-state index contributed by atoms with van der Waals surface area (Å²) < 4.78 is 5.88. The van der Waals surface area contributed by atoms with Gasteiger partial charge in [0.2, 0.25) is 6.10 Å². The Bertz CT molecular complexity index is 1320. The minimum absolute atomic E-state index is 0.0610. The quantitative estimate of drug-likeness (QED) is 0.225. The number of aromatic amines is 1. The lowest BCUT2D eigenvalue weighted by Gasteiger charge is -2.18. The number of carbonyl (C=O) groups excluding carboxylic acids is 2. The molecule has 0 saturated heterocycles. The van der Waals surface area contributed by atoms with Crippen molar-refractivity contribution in [2.24, 2.45) is 0 Å². The molecule has 9 nitrogen and oxygen atoms in total. The molecule has 32 heavy (non-hydrogen) atoms. The molecule has 0 aliphatic rings. The number of rotatable bonds is 6. The molecule has 0 unspecified atom stereocenters. The van der Waals surface area contributed by atoms with Crippen molar-refractivity contribution < 1.29 is 19.2 Å². The first kappa shape index (κ1) is 21.2. The van der Waals surface area contributed by atoms with Gasteiger partial charge in [-0.25, -0.2) is 4.79 Å². The Morgan fingerprint density at radius 2 is 1.78 bits per heavy atom. The van der Waals surface area contributed by atoms with Crippen molar-refractivity contribution in [1.82, 2.24) is 10.2 Å². The molecule has 4 aromatic rings. The zero-order chi connectivity index (χ0) is 22.7. The summed E-state index contributed by atoms with van der Waals surface area (Å²) in [5, 5.41) is 20.9. The number of anilines is 1. The highest BCUT2D eigenvalue weighted by molar-refractivity contribution is 9.10. The fraction of sp³-hybridized carbons (Fsp3) is 0.0455. The van der Waals surface area contributed by atoms with E-state index in [1.54, 1.807) is 54.6 Å². The second-order valence-corrected chi connectivity index (χ2v) is 7.58. The number of hydrogen-bond acceptors (Lipinski definition) is 6. The van der Waals surface area contributed by atoms with Gasteiger partial charge in [0.1, 0.15) is 0 Å². The van der Waals surface area contributed by atoms with E-state index < -0.39 is 22.9 Å². The van der Waals surface area contributed by atoms with Gasteiger partial charge in [-0.15, -0.1) is 0 Å². The fourth-order valence-corrected chi connectivity index (χ4v) is 3.57. The number of nitrogens with one attached hydrogen (secondary N) is 2. The summed E-state index contributed by atoms with van der Waals surface area (Å²) in [7, 11) is 0. The van der Waals surface area contributed by atoms with E-state index in [0.717, 1.165) is 0 Å². The first-order valence-electron chi connectivity index (χ1n) is 9.38. The number of halogens is 1. The molecule has 160 valence electrons. The predicted molar refractivity (Wildman–Crippen MR) is 120 cm³/mol. The average molecular weight is 495 g/mol. The van der Waals surface area contributed by atoms with Crippen LogP contribution in [0.15, 0.2) is 77.3 Å². The van der Waals surface area contributed by atoms with Crippen LogP contribution in [0.25, 0.3) is 10.9 Å². The smallest absolute Gasteiger partial charge is 0.360 e. The second-order valence-electron chi connectivity index (χ2n) is 6.72. The van der Waals surface area contributed by atoms with Gasteiger partial charge in [-0.1, -0.05) is 48.5 Å². The van der Waals surface area contributed by atoms with Gasteiger partial charge in [0.25, 0.3) is 11.6 Å². The number of hydrogen-bond donors (Lipinski definition) is 2. The SMILES string of the molecule is O=C(O[C@H](C(=O)Nc1ccc([N+](=O)[O-])cc1Br)c1ccccc1)c1n[nH]c2ccccc12. The highest BCUT2D eigenvalue weighted by atomic mass is 79.9. The number of nitro groups is 1. The second kappa shape index (κ2) is 8.98. The van der Waals surface area contributed by atoms with E-state index in [9.17, 15) is 19.7 Å². The molecule has 2 N–H and O–H groups in total. The van der Waals surface area contributed by atoms with Gasteiger partial charge >= 0.3 is 5.97 Å². The number of benzene rings is 3. The summed E-state index contributed by atoms with van der Waals surface area (Å²) in [6.07, 6.45) is -1.28. The predicted octanol–water partition coefficient (Wildman–Crippen LogP) is 4.77. The molecule has 3 aromatic carbocycles. The minimum atomic E-state index is -1.28. The molecule has 1 atom stereocenters. The number of H-pyrrole nitrogens is 1. The Kier molecular flexibility index (Phi) is 5.95. The van der Waals surface area contributed by atoms with E-state index in [0.29, 0.717) is 26.6 Å². The lowest BCUT2D eigenvalue weighted by atomic mass is 10.1. The molecule has 1 amide bonds. The maximum Gasteiger partial charge on any atom is 0.360 e. The Hall–Kier alpha value is -4.05. The van der Waals surface area contributed by atoms with Crippen LogP contribution in [0.2, 0.25) is 0 Å². The molecule has 0 aliphatic heterocycles. The molecule has 1 aromatic heterocycles. The van der Waals surface area contributed by atoms with Crippen molar-refractivity contribution in [3.8, 4) is 0 Å². The Morgan fingerprint density at radius 1 is 1.06 bits per heavy atom. The van der Waals surface area contributed by atoms with E-state index in [1.165, 1.54) is 18.2 Å². The number of non-ortho nitro benzene ring substituents is 1. The third kappa shape index (κ3) is 4.35. The standard InChI is InChI=1S/C22H15BrN4O5/c23-16-12-14(27(30)31)10-11-18(16)24-21(28)20(13-6-2-1-3-7-13)32-22(29)19-15-8-4-5-9-17(15)25-26-19/h1-12,20H,(H,24,28)(H,25,26)/t20-/m0/s1. The van der Waals surface area contributed by atoms with E-state index >= 15 is 0 Å². The number of nitro benzene ring substituents is 1. The van der Waals surface area contributed by atoms with Crippen LogP contribution in [0.1, 0.15) is 22.2 Å². The molecule has 0 aliphatic carbocycles. The van der Waals surface area contributed by atoms with Gasteiger partial charge in [0.05, 0.1) is 16.1 Å². The summed E-state index contributed by atoms with van der Waals surface area (Å²) in [6, 6.07) is 19.5. The van der Waals surface area contributed by atoms with Gasteiger partial charge in [0.15, 0.2) is 5.69 Å². The molecule has 0 bridgehead atoms. The van der Waals surface area contributed by atoms with Crippen LogP contribution in [0.4, 0.5) is 11.4 Å². The number of amides is 1. The molecule has 0 radical (unpaired) electrons. The monoisotopic (exact) mass is 494 g/mol. The van der Waals surface area contributed by atoms with Crippen LogP contribution < -0.4 is 5.32 Å². The van der Waals surface area contributed by atoms with Crippen molar-refractivity contribution in [3.05, 3.63) is 98.6 Å². The number of esters is 1. The number of aromatic nitrogens is 2. The van der Waals surface area contributed by atoms with Crippen LogP contribution in [0.3, 0.4) is 0 Å².